The van der Waals surface area contributed by atoms with E-state index in [-0.39, 0.29) is 18.0 Å². The van der Waals surface area contributed by atoms with Gasteiger partial charge in [0.25, 0.3) is 0 Å². The molecule has 0 amide bonds. The Labute approximate surface area is 111 Å². The Morgan fingerprint density at radius 3 is 2.06 bits per heavy atom. The third-order valence-corrected chi connectivity index (χ3v) is 3.38. The molecule has 4 heteroatoms. The molecule has 0 heterocycles. The number of aliphatic hydroxyl groups excluding tert-OH is 1. The monoisotopic (exact) mass is 261 g/mol. The molecule has 110 valence electrons. The Hall–Kier alpha value is -0.610. The average Bonchev–Trinajstić information content (AvgIpc) is 2.13. The van der Waals surface area contributed by atoms with Crippen molar-refractivity contribution in [2.45, 2.75) is 72.8 Å². The number of hydrogen-bond acceptors (Lipinski definition) is 3. The van der Waals surface area contributed by atoms with Gasteiger partial charge in [-0.15, -0.1) is 0 Å². The van der Waals surface area contributed by atoms with Crippen molar-refractivity contribution in [1.82, 2.24) is 6.15 Å². The van der Waals surface area contributed by atoms with Crippen molar-refractivity contribution in [2.24, 2.45) is 10.8 Å². The van der Waals surface area contributed by atoms with Gasteiger partial charge in [-0.05, 0) is 38.0 Å². The van der Waals surface area contributed by atoms with Crippen LogP contribution in [0.3, 0.4) is 0 Å². The van der Waals surface area contributed by atoms with E-state index < -0.39 is 17.5 Å². The third-order valence-electron chi connectivity index (χ3n) is 3.38. The fraction of sp³-hybridized carbons (Fsp3) is 0.929. The summed E-state index contributed by atoms with van der Waals surface area (Å²) in [5.41, 5.74) is -0.643. The Morgan fingerprint density at radius 2 is 1.78 bits per heavy atom. The lowest BCUT2D eigenvalue weighted by atomic mass is 9.74. The van der Waals surface area contributed by atoms with Gasteiger partial charge in [0.15, 0.2) is 0 Å². The first-order valence-electron chi connectivity index (χ1n) is 6.52. The molecule has 0 saturated heterocycles. The van der Waals surface area contributed by atoms with Crippen molar-refractivity contribution >= 4 is 5.97 Å². The molecule has 0 rings (SSSR count). The smallest absolute Gasteiger partial charge is 0.0521 e. The first-order valence-corrected chi connectivity index (χ1v) is 6.52. The predicted molar refractivity (Wildman–Crippen MR) is 73.3 cm³/mol. The Balaban J connectivity index is 0. The third kappa shape index (κ3) is 6.97. The maximum absolute atomic E-state index is 11.3. The topological polar surface area (TPSA) is 96.9 Å². The molecule has 0 bridgehead atoms. The molecule has 0 aliphatic heterocycles. The van der Waals surface area contributed by atoms with Crippen molar-refractivity contribution in [2.75, 3.05) is 0 Å². The van der Waals surface area contributed by atoms with Gasteiger partial charge in [0, 0.05) is 11.4 Å². The second-order valence-electron chi connectivity index (χ2n) is 6.39. The maximum atomic E-state index is 11.3. The van der Waals surface area contributed by atoms with Gasteiger partial charge in [0.05, 0.1) is 6.10 Å². The Morgan fingerprint density at radius 1 is 1.28 bits per heavy atom. The highest BCUT2D eigenvalue weighted by atomic mass is 16.4. The number of hydrogen-bond donors (Lipinski definition) is 2. The molecule has 2 atom stereocenters. The number of carbonyl (C=O) groups is 1. The Bertz CT molecular complexity index is 246. The van der Waals surface area contributed by atoms with Crippen LogP contribution in [0.1, 0.15) is 66.7 Å². The van der Waals surface area contributed by atoms with Gasteiger partial charge in [0.2, 0.25) is 0 Å². The number of aliphatic carboxylic acids is 1. The highest BCUT2D eigenvalue weighted by molar-refractivity contribution is 5.72. The zero-order valence-corrected chi connectivity index (χ0v) is 12.9. The van der Waals surface area contributed by atoms with E-state index in [2.05, 4.69) is 20.8 Å². The molecule has 0 aromatic carbocycles. The van der Waals surface area contributed by atoms with Crippen molar-refractivity contribution in [3.05, 3.63) is 0 Å². The number of carboxylic acids is 1. The van der Waals surface area contributed by atoms with Crippen LogP contribution in [0.25, 0.3) is 0 Å². The summed E-state index contributed by atoms with van der Waals surface area (Å²) in [7, 11) is 0. The average molecular weight is 261 g/mol. The van der Waals surface area contributed by atoms with Gasteiger partial charge in [-0.25, -0.2) is 0 Å². The molecule has 4 nitrogen and oxygen atoms in total. The first-order chi connectivity index (χ1) is 7.63. The van der Waals surface area contributed by atoms with E-state index in [0.717, 1.165) is 12.8 Å². The first kappa shape index (κ1) is 19.7. The van der Waals surface area contributed by atoms with Crippen molar-refractivity contribution in [3.63, 3.8) is 0 Å². The van der Waals surface area contributed by atoms with E-state index in [9.17, 15) is 15.0 Å². The van der Waals surface area contributed by atoms with Gasteiger partial charge < -0.3 is 21.2 Å². The van der Waals surface area contributed by atoms with Crippen molar-refractivity contribution in [1.29, 1.82) is 0 Å². The van der Waals surface area contributed by atoms with Gasteiger partial charge >= 0.3 is 0 Å². The highest BCUT2D eigenvalue weighted by Gasteiger charge is 2.31. The summed E-state index contributed by atoms with van der Waals surface area (Å²) in [4.78, 5) is 11.3. The molecule has 0 aliphatic carbocycles. The van der Waals surface area contributed by atoms with Crippen LogP contribution in [-0.2, 0) is 4.79 Å². The summed E-state index contributed by atoms with van der Waals surface area (Å²) in [5.74, 6) is -1.02. The standard InChI is InChI=1S/C14H28O3.H3N/c1-6-14(12(16)17,10-11(2)15)9-7-8-13(3,4)5;/h11,15H,6-10H2,1-5H3,(H,16,17);1H3. The van der Waals surface area contributed by atoms with E-state index in [4.69, 9.17) is 0 Å². The lowest BCUT2D eigenvalue weighted by Crippen LogP contribution is -2.44. The number of aliphatic hydroxyl groups is 1. The van der Waals surface area contributed by atoms with Gasteiger partial charge in [0.1, 0.15) is 0 Å². The minimum atomic E-state index is -1.02. The molecule has 0 saturated carbocycles. The van der Waals surface area contributed by atoms with Crippen LogP contribution in [0.15, 0.2) is 0 Å². The predicted octanol–water partition coefficient (Wildman–Crippen LogP) is 2.50. The Kier molecular flexibility index (Phi) is 8.49. The van der Waals surface area contributed by atoms with Crippen LogP contribution in [0, 0.1) is 10.8 Å². The zero-order valence-electron chi connectivity index (χ0n) is 12.9. The SMILES string of the molecule is CCC(CCCC(C)(C)C)(CC(C)O)C(=O)[O-].[NH4+]. The quantitative estimate of drug-likeness (QED) is 0.736. The number of carboxylic acid groups (broad SMARTS) is 1. The van der Waals surface area contributed by atoms with Gasteiger partial charge in [-0.2, -0.15) is 0 Å². The largest absolute Gasteiger partial charge is 0.550 e. The number of carbonyl (C=O) groups excluding carboxylic acids is 1. The van der Waals surface area contributed by atoms with Crippen LogP contribution >= 0.6 is 0 Å². The number of rotatable bonds is 7. The summed E-state index contributed by atoms with van der Waals surface area (Å²) in [6.45, 7) is 9.93. The van der Waals surface area contributed by atoms with E-state index >= 15 is 0 Å². The summed E-state index contributed by atoms with van der Waals surface area (Å²) < 4.78 is 0. The van der Waals surface area contributed by atoms with Crippen LogP contribution in [0.4, 0.5) is 0 Å². The fourth-order valence-electron chi connectivity index (χ4n) is 2.28. The molecule has 0 aliphatic rings. The normalized spacial score (nSPS) is 16.6. The molecular weight excluding hydrogens is 230 g/mol. The zero-order chi connectivity index (χ0) is 13.7. The summed E-state index contributed by atoms with van der Waals surface area (Å²) in [6, 6.07) is 0. The lowest BCUT2D eigenvalue weighted by molar-refractivity contribution is -0.321. The van der Waals surface area contributed by atoms with E-state index in [1.165, 1.54) is 0 Å². The summed E-state index contributed by atoms with van der Waals surface area (Å²) in [5, 5.41) is 20.8. The highest BCUT2D eigenvalue weighted by Crippen LogP contribution is 2.35. The second-order valence-corrected chi connectivity index (χ2v) is 6.39. The van der Waals surface area contributed by atoms with E-state index in [1.807, 2.05) is 6.92 Å². The minimum absolute atomic E-state index is 0. The second kappa shape index (κ2) is 7.74. The minimum Gasteiger partial charge on any atom is -0.550 e. The van der Waals surface area contributed by atoms with Crippen LogP contribution in [0.2, 0.25) is 0 Å². The van der Waals surface area contributed by atoms with Gasteiger partial charge in [-0.3, -0.25) is 0 Å². The van der Waals surface area contributed by atoms with E-state index in [1.54, 1.807) is 6.92 Å². The molecule has 18 heavy (non-hydrogen) atoms. The molecule has 0 spiro atoms. The molecule has 0 radical (unpaired) electrons. The molecule has 0 aromatic rings. The number of quaternary nitrogens is 1. The fourth-order valence-corrected chi connectivity index (χ4v) is 2.28. The van der Waals surface area contributed by atoms with Crippen molar-refractivity contribution in [3.8, 4) is 0 Å². The van der Waals surface area contributed by atoms with Crippen LogP contribution < -0.4 is 11.3 Å². The van der Waals surface area contributed by atoms with Gasteiger partial charge in [-0.1, -0.05) is 34.1 Å². The molecule has 5 N–H and O–H groups in total. The summed E-state index contributed by atoms with van der Waals surface area (Å²) >= 11 is 0. The van der Waals surface area contributed by atoms with Crippen LogP contribution in [-0.4, -0.2) is 17.2 Å². The molecule has 2 unspecified atom stereocenters. The van der Waals surface area contributed by atoms with E-state index in [0.29, 0.717) is 12.8 Å². The summed E-state index contributed by atoms with van der Waals surface area (Å²) in [6.07, 6.45) is 2.65. The lowest BCUT2D eigenvalue weighted by Gasteiger charge is -2.36. The van der Waals surface area contributed by atoms with Crippen LogP contribution in [0.5, 0.6) is 0 Å². The molecule has 0 aromatic heterocycles. The molecule has 0 fully saturated rings. The molecular formula is C14H31NO3. The maximum Gasteiger partial charge on any atom is 0.0521 e. The van der Waals surface area contributed by atoms with Crippen molar-refractivity contribution < 1.29 is 15.0 Å².